The molecule has 1 fully saturated rings. The molecule has 3 heteroatoms. The van der Waals surface area contributed by atoms with E-state index in [1.807, 2.05) is 4.90 Å². The molecule has 1 amide bonds. The molecule has 0 atom stereocenters. The van der Waals surface area contributed by atoms with Crippen molar-refractivity contribution in [2.75, 3.05) is 5.88 Å². The molecule has 1 aromatic rings. The molecule has 0 aliphatic heterocycles. The number of carbonyl (C=O) groups excluding carboxylic acids is 1. The Labute approximate surface area is 127 Å². The third-order valence-corrected chi connectivity index (χ3v) is 4.46. The summed E-state index contributed by atoms with van der Waals surface area (Å²) in [5.74, 6) is 0.155. The first-order valence-electron chi connectivity index (χ1n) is 7.68. The molecular formula is C17H24ClNO. The zero-order valence-corrected chi connectivity index (χ0v) is 13.0. The molecule has 20 heavy (non-hydrogen) atoms. The van der Waals surface area contributed by atoms with Crippen LogP contribution in [0.25, 0.3) is 0 Å². The second-order valence-electron chi connectivity index (χ2n) is 5.62. The van der Waals surface area contributed by atoms with Crippen LogP contribution in [-0.4, -0.2) is 22.7 Å². The molecule has 0 heterocycles. The van der Waals surface area contributed by atoms with Crippen LogP contribution in [0.1, 0.15) is 50.2 Å². The van der Waals surface area contributed by atoms with Crippen LogP contribution >= 0.6 is 11.6 Å². The Morgan fingerprint density at radius 1 is 1.15 bits per heavy atom. The summed E-state index contributed by atoms with van der Waals surface area (Å²) in [4.78, 5) is 14.1. The number of carbonyl (C=O) groups is 1. The van der Waals surface area contributed by atoms with Gasteiger partial charge in [0.15, 0.2) is 0 Å². The lowest BCUT2D eigenvalue weighted by Gasteiger charge is -2.34. The summed E-state index contributed by atoms with van der Waals surface area (Å²) >= 11 is 5.79. The summed E-state index contributed by atoms with van der Waals surface area (Å²) in [6.45, 7) is 2.85. The third-order valence-electron chi connectivity index (χ3n) is 4.23. The Hall–Kier alpha value is -1.02. The lowest BCUT2D eigenvalue weighted by molar-refractivity contribution is -0.132. The molecule has 0 saturated heterocycles. The van der Waals surface area contributed by atoms with E-state index in [1.165, 1.54) is 30.4 Å². The highest BCUT2D eigenvalue weighted by Gasteiger charge is 2.24. The van der Waals surface area contributed by atoms with Crippen molar-refractivity contribution in [3.8, 4) is 0 Å². The van der Waals surface area contributed by atoms with Gasteiger partial charge in [-0.2, -0.15) is 0 Å². The molecule has 110 valence electrons. The van der Waals surface area contributed by atoms with Crippen LogP contribution in [0.2, 0.25) is 0 Å². The van der Waals surface area contributed by atoms with Crippen molar-refractivity contribution in [1.82, 2.24) is 4.90 Å². The second kappa shape index (κ2) is 7.68. The van der Waals surface area contributed by atoms with Crippen LogP contribution in [0.5, 0.6) is 0 Å². The number of rotatable bonds is 5. The standard InChI is InChI=1S/C17H24ClNO/c1-2-14-8-10-15(11-9-14)13-19(17(20)12-18)16-6-4-3-5-7-16/h8-11,16H,2-7,12-13H2,1H3. The molecule has 1 saturated carbocycles. The zero-order chi connectivity index (χ0) is 14.4. The smallest absolute Gasteiger partial charge is 0.238 e. The molecule has 2 nitrogen and oxygen atoms in total. The van der Waals surface area contributed by atoms with Gasteiger partial charge in [-0.25, -0.2) is 0 Å². The number of alkyl halides is 1. The fourth-order valence-corrected chi connectivity index (χ4v) is 3.12. The van der Waals surface area contributed by atoms with Crippen molar-refractivity contribution in [1.29, 1.82) is 0 Å². The molecule has 0 bridgehead atoms. The number of hydrogen-bond acceptors (Lipinski definition) is 1. The monoisotopic (exact) mass is 293 g/mol. The highest BCUT2D eigenvalue weighted by Crippen LogP contribution is 2.24. The van der Waals surface area contributed by atoms with E-state index >= 15 is 0 Å². The van der Waals surface area contributed by atoms with Crippen molar-refractivity contribution in [3.63, 3.8) is 0 Å². The quantitative estimate of drug-likeness (QED) is 0.747. The zero-order valence-electron chi connectivity index (χ0n) is 12.3. The molecule has 1 aromatic carbocycles. The van der Waals surface area contributed by atoms with Crippen molar-refractivity contribution in [2.45, 2.75) is 58.0 Å². The number of halogens is 1. The first-order valence-corrected chi connectivity index (χ1v) is 8.21. The maximum Gasteiger partial charge on any atom is 0.238 e. The summed E-state index contributed by atoms with van der Waals surface area (Å²) in [6, 6.07) is 8.95. The average molecular weight is 294 g/mol. The Bertz CT molecular complexity index is 423. The molecule has 0 unspecified atom stereocenters. The highest BCUT2D eigenvalue weighted by molar-refractivity contribution is 6.27. The third kappa shape index (κ3) is 3.99. The van der Waals surface area contributed by atoms with E-state index in [9.17, 15) is 4.79 Å². The van der Waals surface area contributed by atoms with Gasteiger partial charge in [0.05, 0.1) is 0 Å². The summed E-state index contributed by atoms with van der Waals surface area (Å²) in [5, 5.41) is 0. The average Bonchev–Trinajstić information content (AvgIpc) is 2.53. The molecule has 0 aromatic heterocycles. The predicted octanol–water partition coefficient (Wildman–Crippen LogP) is 4.15. The summed E-state index contributed by atoms with van der Waals surface area (Å²) in [5.41, 5.74) is 2.54. The maximum atomic E-state index is 12.1. The Morgan fingerprint density at radius 3 is 2.30 bits per heavy atom. The fourth-order valence-electron chi connectivity index (χ4n) is 2.97. The minimum Gasteiger partial charge on any atom is -0.334 e. The first-order chi connectivity index (χ1) is 9.74. The Kier molecular flexibility index (Phi) is 5.90. The van der Waals surface area contributed by atoms with E-state index in [1.54, 1.807) is 0 Å². The number of nitrogens with zero attached hydrogens (tertiary/aromatic N) is 1. The SMILES string of the molecule is CCc1ccc(CN(C(=O)CCl)C2CCCCC2)cc1. The summed E-state index contributed by atoms with van der Waals surface area (Å²) < 4.78 is 0. The topological polar surface area (TPSA) is 20.3 Å². The highest BCUT2D eigenvalue weighted by atomic mass is 35.5. The molecule has 0 N–H and O–H groups in total. The van der Waals surface area contributed by atoms with Crippen LogP contribution < -0.4 is 0 Å². The molecular weight excluding hydrogens is 270 g/mol. The van der Waals surface area contributed by atoms with Crippen molar-refractivity contribution >= 4 is 17.5 Å². The van der Waals surface area contributed by atoms with E-state index in [0.29, 0.717) is 12.6 Å². The van der Waals surface area contributed by atoms with E-state index < -0.39 is 0 Å². The number of aryl methyl sites for hydroxylation is 1. The van der Waals surface area contributed by atoms with Gasteiger partial charge in [-0.15, -0.1) is 11.6 Å². The minimum absolute atomic E-state index is 0.0677. The van der Waals surface area contributed by atoms with Crippen LogP contribution in [0.3, 0.4) is 0 Å². The van der Waals surface area contributed by atoms with Gasteiger partial charge < -0.3 is 4.90 Å². The van der Waals surface area contributed by atoms with Crippen LogP contribution in [0.15, 0.2) is 24.3 Å². The number of amides is 1. The van der Waals surface area contributed by atoms with Crippen LogP contribution in [0, 0.1) is 0 Å². The molecule has 2 rings (SSSR count). The van der Waals surface area contributed by atoms with Gasteiger partial charge >= 0.3 is 0 Å². The van der Waals surface area contributed by atoms with Crippen molar-refractivity contribution in [3.05, 3.63) is 35.4 Å². The summed E-state index contributed by atoms with van der Waals surface area (Å²) in [6.07, 6.45) is 7.04. The van der Waals surface area contributed by atoms with Gasteiger partial charge in [0.25, 0.3) is 0 Å². The minimum atomic E-state index is 0.0677. The van der Waals surface area contributed by atoms with Gasteiger partial charge in [-0.1, -0.05) is 50.5 Å². The molecule has 1 aliphatic carbocycles. The second-order valence-corrected chi connectivity index (χ2v) is 5.88. The van der Waals surface area contributed by atoms with Gasteiger partial charge in [-0.05, 0) is 30.4 Å². The van der Waals surface area contributed by atoms with Crippen LogP contribution in [0.4, 0.5) is 0 Å². The van der Waals surface area contributed by atoms with Crippen molar-refractivity contribution < 1.29 is 4.79 Å². The van der Waals surface area contributed by atoms with Gasteiger partial charge in [-0.3, -0.25) is 4.79 Å². The van der Waals surface area contributed by atoms with E-state index in [0.717, 1.165) is 19.3 Å². The fraction of sp³-hybridized carbons (Fsp3) is 0.588. The lowest BCUT2D eigenvalue weighted by Crippen LogP contribution is -2.41. The van der Waals surface area contributed by atoms with Gasteiger partial charge in [0.2, 0.25) is 5.91 Å². The van der Waals surface area contributed by atoms with E-state index in [2.05, 4.69) is 31.2 Å². The first kappa shape index (κ1) is 15.4. The Balaban J connectivity index is 2.07. The lowest BCUT2D eigenvalue weighted by atomic mass is 9.93. The normalized spacial score (nSPS) is 16.1. The van der Waals surface area contributed by atoms with Crippen molar-refractivity contribution in [2.24, 2.45) is 0 Å². The molecule has 1 aliphatic rings. The van der Waals surface area contributed by atoms with Gasteiger partial charge in [0.1, 0.15) is 5.88 Å². The largest absolute Gasteiger partial charge is 0.334 e. The summed E-state index contributed by atoms with van der Waals surface area (Å²) in [7, 11) is 0. The predicted molar refractivity (Wildman–Crippen MR) is 84.0 cm³/mol. The Morgan fingerprint density at radius 2 is 1.75 bits per heavy atom. The number of benzene rings is 1. The van der Waals surface area contributed by atoms with Crippen LogP contribution in [-0.2, 0) is 17.8 Å². The molecule has 0 spiro atoms. The van der Waals surface area contributed by atoms with E-state index in [4.69, 9.17) is 11.6 Å². The van der Waals surface area contributed by atoms with E-state index in [-0.39, 0.29) is 11.8 Å². The van der Waals surface area contributed by atoms with Gasteiger partial charge in [0, 0.05) is 12.6 Å². The maximum absolute atomic E-state index is 12.1. The molecule has 0 radical (unpaired) electrons. The number of hydrogen-bond donors (Lipinski definition) is 0.